The van der Waals surface area contributed by atoms with Crippen LogP contribution in [0.3, 0.4) is 0 Å². The summed E-state index contributed by atoms with van der Waals surface area (Å²) >= 11 is 0. The Balaban J connectivity index is 2.34. The Morgan fingerprint density at radius 2 is 2.05 bits per heavy atom. The smallest absolute Gasteiger partial charge is 0.407 e. The normalized spacial score (nSPS) is 23.1. The minimum Gasteiger partial charge on any atom is -0.444 e. The van der Waals surface area contributed by atoms with Crippen LogP contribution in [0, 0.1) is 5.92 Å². The lowest BCUT2D eigenvalue weighted by molar-refractivity contribution is 0.0511. The summed E-state index contributed by atoms with van der Waals surface area (Å²) in [5.41, 5.74) is -0.432. The Labute approximate surface area is 123 Å². The van der Waals surface area contributed by atoms with Crippen molar-refractivity contribution >= 4 is 6.09 Å². The van der Waals surface area contributed by atoms with Gasteiger partial charge in [0.05, 0.1) is 0 Å². The molecule has 20 heavy (non-hydrogen) atoms. The Morgan fingerprint density at radius 1 is 1.35 bits per heavy atom. The summed E-state index contributed by atoms with van der Waals surface area (Å²) in [6.07, 6.45) is 7.49. The molecule has 2 unspecified atom stereocenters. The highest BCUT2D eigenvalue weighted by Crippen LogP contribution is 2.24. The lowest BCUT2D eigenvalue weighted by Crippen LogP contribution is -2.45. The predicted octanol–water partition coefficient (Wildman–Crippen LogP) is 3.24. The molecule has 4 heteroatoms. The third-order valence-corrected chi connectivity index (χ3v) is 3.57. The van der Waals surface area contributed by atoms with Crippen LogP contribution in [-0.2, 0) is 4.74 Å². The molecule has 0 spiro atoms. The van der Waals surface area contributed by atoms with Crippen LogP contribution in [0.4, 0.5) is 4.79 Å². The van der Waals surface area contributed by atoms with Crippen LogP contribution in [0.5, 0.6) is 0 Å². The van der Waals surface area contributed by atoms with Crippen molar-refractivity contribution in [2.75, 3.05) is 13.1 Å². The molecule has 1 fully saturated rings. The second-order valence-electron chi connectivity index (χ2n) is 6.57. The van der Waals surface area contributed by atoms with E-state index in [0.29, 0.717) is 18.5 Å². The first kappa shape index (κ1) is 17.0. The molecule has 0 heterocycles. The van der Waals surface area contributed by atoms with E-state index in [1.165, 1.54) is 25.7 Å². The molecule has 0 aliphatic heterocycles. The average molecular weight is 282 g/mol. The van der Waals surface area contributed by atoms with Crippen molar-refractivity contribution in [3.8, 4) is 0 Å². The number of carbonyl (C=O) groups excluding carboxylic acids is 1. The van der Waals surface area contributed by atoms with Crippen LogP contribution in [0.15, 0.2) is 12.7 Å². The lowest BCUT2D eigenvalue weighted by Gasteiger charge is -2.32. The summed E-state index contributed by atoms with van der Waals surface area (Å²) in [7, 11) is 0. The van der Waals surface area contributed by atoms with Gasteiger partial charge in [-0.1, -0.05) is 18.9 Å². The SMILES string of the molecule is C=CCCNC1CCCCC1CNC(=O)OC(C)(C)C. The maximum absolute atomic E-state index is 11.7. The second kappa shape index (κ2) is 8.30. The van der Waals surface area contributed by atoms with Gasteiger partial charge >= 0.3 is 6.09 Å². The van der Waals surface area contributed by atoms with Gasteiger partial charge in [-0.2, -0.15) is 0 Å². The van der Waals surface area contributed by atoms with Gasteiger partial charge in [-0.15, -0.1) is 6.58 Å². The molecule has 116 valence electrons. The van der Waals surface area contributed by atoms with Gasteiger partial charge in [0.2, 0.25) is 0 Å². The molecule has 1 amide bonds. The van der Waals surface area contributed by atoms with Crippen molar-refractivity contribution in [2.24, 2.45) is 5.92 Å². The first-order chi connectivity index (χ1) is 9.42. The fourth-order valence-corrected chi connectivity index (χ4v) is 2.62. The summed E-state index contributed by atoms with van der Waals surface area (Å²) in [4.78, 5) is 11.7. The summed E-state index contributed by atoms with van der Waals surface area (Å²) in [6.45, 7) is 11.1. The highest BCUT2D eigenvalue weighted by molar-refractivity contribution is 5.67. The molecule has 0 aromatic heterocycles. The van der Waals surface area contributed by atoms with E-state index in [4.69, 9.17) is 4.74 Å². The number of nitrogens with one attached hydrogen (secondary N) is 2. The minimum absolute atomic E-state index is 0.312. The topological polar surface area (TPSA) is 50.4 Å². The number of ether oxygens (including phenoxy) is 1. The van der Waals surface area contributed by atoms with Gasteiger partial charge in [-0.05, 0) is 52.5 Å². The van der Waals surface area contributed by atoms with E-state index in [0.717, 1.165) is 13.0 Å². The molecule has 1 aliphatic rings. The van der Waals surface area contributed by atoms with Crippen molar-refractivity contribution in [1.29, 1.82) is 0 Å². The number of carbonyl (C=O) groups is 1. The van der Waals surface area contributed by atoms with E-state index in [9.17, 15) is 4.79 Å². The van der Waals surface area contributed by atoms with E-state index in [1.807, 2.05) is 26.8 Å². The number of amides is 1. The molecule has 0 aromatic rings. The molecule has 0 radical (unpaired) electrons. The maximum atomic E-state index is 11.7. The van der Waals surface area contributed by atoms with E-state index in [1.54, 1.807) is 0 Å². The van der Waals surface area contributed by atoms with Crippen molar-refractivity contribution in [3.05, 3.63) is 12.7 Å². The standard InChI is InChI=1S/C16H30N2O2/c1-5-6-11-17-14-10-8-7-9-13(14)12-18-15(19)20-16(2,3)4/h5,13-14,17H,1,6-12H2,2-4H3,(H,18,19). The van der Waals surface area contributed by atoms with Gasteiger partial charge < -0.3 is 15.4 Å². The quantitative estimate of drug-likeness (QED) is 0.581. The van der Waals surface area contributed by atoms with Crippen LogP contribution in [-0.4, -0.2) is 30.8 Å². The van der Waals surface area contributed by atoms with Gasteiger partial charge in [0.1, 0.15) is 5.60 Å². The van der Waals surface area contributed by atoms with Crippen LogP contribution in [0.2, 0.25) is 0 Å². The highest BCUT2D eigenvalue weighted by atomic mass is 16.6. The van der Waals surface area contributed by atoms with Crippen molar-refractivity contribution < 1.29 is 9.53 Å². The second-order valence-corrected chi connectivity index (χ2v) is 6.57. The zero-order valence-electron chi connectivity index (χ0n) is 13.2. The molecular weight excluding hydrogens is 252 g/mol. The first-order valence-electron chi connectivity index (χ1n) is 7.73. The molecule has 1 aliphatic carbocycles. The minimum atomic E-state index is -0.432. The number of alkyl carbamates (subject to hydrolysis) is 1. The third-order valence-electron chi connectivity index (χ3n) is 3.57. The van der Waals surface area contributed by atoms with Crippen molar-refractivity contribution in [2.45, 2.75) is 64.5 Å². The van der Waals surface area contributed by atoms with Crippen molar-refractivity contribution in [1.82, 2.24) is 10.6 Å². The first-order valence-corrected chi connectivity index (χ1v) is 7.73. The monoisotopic (exact) mass is 282 g/mol. The molecule has 0 saturated heterocycles. The highest BCUT2D eigenvalue weighted by Gasteiger charge is 2.25. The summed E-state index contributed by atoms with van der Waals surface area (Å²) in [6, 6.07) is 0.499. The van der Waals surface area contributed by atoms with Crippen LogP contribution in [0.1, 0.15) is 52.9 Å². The predicted molar refractivity (Wildman–Crippen MR) is 82.8 cm³/mol. The summed E-state index contributed by atoms with van der Waals surface area (Å²) in [5.74, 6) is 0.501. The number of rotatable bonds is 6. The zero-order valence-corrected chi connectivity index (χ0v) is 13.2. The Hall–Kier alpha value is -1.03. The molecule has 2 atom stereocenters. The van der Waals surface area contributed by atoms with E-state index in [-0.39, 0.29) is 6.09 Å². The largest absolute Gasteiger partial charge is 0.444 e. The molecular formula is C16H30N2O2. The number of hydrogen-bond donors (Lipinski definition) is 2. The fraction of sp³-hybridized carbons (Fsp3) is 0.812. The van der Waals surface area contributed by atoms with Gasteiger partial charge in [0.25, 0.3) is 0 Å². The maximum Gasteiger partial charge on any atom is 0.407 e. The third kappa shape index (κ3) is 6.94. The van der Waals surface area contributed by atoms with E-state index in [2.05, 4.69) is 17.2 Å². The van der Waals surface area contributed by atoms with Gasteiger partial charge in [0, 0.05) is 12.6 Å². The molecule has 1 rings (SSSR count). The molecule has 0 bridgehead atoms. The lowest BCUT2D eigenvalue weighted by atomic mass is 9.84. The Kier molecular flexibility index (Phi) is 7.06. The summed E-state index contributed by atoms with van der Waals surface area (Å²) in [5, 5.41) is 6.49. The number of hydrogen-bond acceptors (Lipinski definition) is 3. The van der Waals surface area contributed by atoms with Gasteiger partial charge in [0.15, 0.2) is 0 Å². The fourth-order valence-electron chi connectivity index (χ4n) is 2.62. The molecule has 1 saturated carbocycles. The zero-order chi connectivity index (χ0) is 15.0. The Morgan fingerprint density at radius 3 is 2.70 bits per heavy atom. The van der Waals surface area contributed by atoms with E-state index < -0.39 is 5.60 Å². The van der Waals surface area contributed by atoms with Gasteiger partial charge in [-0.25, -0.2) is 4.79 Å². The van der Waals surface area contributed by atoms with Crippen LogP contribution in [0.25, 0.3) is 0 Å². The summed E-state index contributed by atoms with van der Waals surface area (Å²) < 4.78 is 5.28. The van der Waals surface area contributed by atoms with Gasteiger partial charge in [-0.3, -0.25) is 0 Å². The molecule has 0 aromatic carbocycles. The van der Waals surface area contributed by atoms with E-state index >= 15 is 0 Å². The molecule has 2 N–H and O–H groups in total. The Bertz CT molecular complexity index is 310. The van der Waals surface area contributed by atoms with Crippen LogP contribution >= 0.6 is 0 Å². The van der Waals surface area contributed by atoms with Crippen LogP contribution < -0.4 is 10.6 Å². The molecule has 4 nitrogen and oxygen atoms in total. The average Bonchev–Trinajstić information content (AvgIpc) is 2.36. The van der Waals surface area contributed by atoms with Crippen molar-refractivity contribution in [3.63, 3.8) is 0 Å².